The van der Waals surface area contributed by atoms with E-state index in [0.29, 0.717) is 17.1 Å². The predicted octanol–water partition coefficient (Wildman–Crippen LogP) is 2.61. The molecule has 8 heteroatoms. The van der Waals surface area contributed by atoms with Crippen LogP contribution in [0.4, 0.5) is 4.79 Å². The van der Waals surface area contributed by atoms with E-state index in [-0.39, 0.29) is 13.0 Å². The van der Waals surface area contributed by atoms with Crippen LogP contribution in [0.1, 0.15) is 22.9 Å². The molecule has 0 aliphatic heterocycles. The van der Waals surface area contributed by atoms with Gasteiger partial charge in [-0.05, 0) is 29.6 Å². The number of carbonyl (C=O) groups is 2. The van der Waals surface area contributed by atoms with Gasteiger partial charge in [0.15, 0.2) is 0 Å². The normalized spacial score (nSPS) is 11.4. The Labute approximate surface area is 149 Å². The van der Waals surface area contributed by atoms with Crippen molar-refractivity contribution in [3.8, 4) is 11.5 Å². The van der Waals surface area contributed by atoms with Crippen LogP contribution < -0.4 is 20.5 Å². The molecule has 3 N–H and O–H groups in total. The summed E-state index contributed by atoms with van der Waals surface area (Å²) in [5.74, 6) is 0.773. The van der Waals surface area contributed by atoms with E-state index >= 15 is 0 Å². The van der Waals surface area contributed by atoms with Crippen LogP contribution in [0, 0.1) is 0 Å². The highest BCUT2D eigenvalue weighted by atomic mass is 32.1. The first-order valence-electron chi connectivity index (χ1n) is 7.49. The summed E-state index contributed by atoms with van der Waals surface area (Å²) in [5.41, 5.74) is 5.87. The monoisotopic (exact) mass is 364 g/mol. The van der Waals surface area contributed by atoms with E-state index in [1.165, 1.54) is 18.4 Å². The summed E-state index contributed by atoms with van der Waals surface area (Å²) in [6, 6.07) is 7.69. The summed E-state index contributed by atoms with van der Waals surface area (Å²) < 4.78 is 15.7. The second-order valence-corrected chi connectivity index (χ2v) is 6.10. The van der Waals surface area contributed by atoms with Crippen LogP contribution in [-0.2, 0) is 16.1 Å². The van der Waals surface area contributed by atoms with E-state index in [1.54, 1.807) is 25.3 Å². The molecule has 2 aromatic rings. The van der Waals surface area contributed by atoms with Gasteiger partial charge in [0.25, 0.3) is 0 Å². The summed E-state index contributed by atoms with van der Waals surface area (Å²) in [4.78, 5) is 24.2. The van der Waals surface area contributed by atoms with E-state index in [1.807, 2.05) is 17.5 Å². The number of hydrogen-bond donors (Lipinski definition) is 2. The third-order valence-electron chi connectivity index (χ3n) is 3.45. The number of esters is 1. The zero-order valence-corrected chi connectivity index (χ0v) is 14.8. The Morgan fingerprint density at radius 2 is 2.04 bits per heavy atom. The van der Waals surface area contributed by atoms with Crippen LogP contribution in [0.25, 0.3) is 0 Å². The van der Waals surface area contributed by atoms with Crippen molar-refractivity contribution in [1.29, 1.82) is 0 Å². The Morgan fingerprint density at radius 1 is 1.24 bits per heavy atom. The smallest absolute Gasteiger partial charge is 0.312 e. The quantitative estimate of drug-likeness (QED) is 0.701. The van der Waals surface area contributed by atoms with Crippen molar-refractivity contribution < 1.29 is 23.8 Å². The number of nitrogens with one attached hydrogen (secondary N) is 1. The molecule has 0 radical (unpaired) electrons. The van der Waals surface area contributed by atoms with Gasteiger partial charge >= 0.3 is 12.0 Å². The van der Waals surface area contributed by atoms with Crippen LogP contribution in [-0.4, -0.2) is 26.2 Å². The summed E-state index contributed by atoms with van der Waals surface area (Å²) in [6.07, 6.45) is -0.0181. The minimum absolute atomic E-state index is 0.0181. The standard InChI is InChI=1S/C17H20N2O5S/c1-22-12-5-6-14(23-2)11(8-12)10-24-16(20)9-13(19-17(18)21)15-4-3-7-25-15/h3-8,13H,9-10H2,1-2H3,(H3,18,19,21)/t13-/m0/s1. The van der Waals surface area contributed by atoms with E-state index in [2.05, 4.69) is 5.32 Å². The molecule has 2 amide bonds. The fourth-order valence-electron chi connectivity index (χ4n) is 2.26. The number of benzene rings is 1. The minimum Gasteiger partial charge on any atom is -0.497 e. The van der Waals surface area contributed by atoms with Crippen molar-refractivity contribution in [1.82, 2.24) is 5.32 Å². The highest BCUT2D eigenvalue weighted by Gasteiger charge is 2.20. The summed E-state index contributed by atoms with van der Waals surface area (Å²) in [7, 11) is 3.09. The molecule has 0 fully saturated rings. The van der Waals surface area contributed by atoms with Gasteiger partial charge in [-0.1, -0.05) is 6.07 Å². The lowest BCUT2D eigenvalue weighted by Gasteiger charge is -2.16. The average Bonchev–Trinajstić information content (AvgIpc) is 3.13. The number of nitrogens with two attached hydrogens (primary N) is 1. The van der Waals surface area contributed by atoms with Gasteiger partial charge in [-0.15, -0.1) is 11.3 Å². The van der Waals surface area contributed by atoms with Crippen LogP contribution in [0.2, 0.25) is 0 Å². The lowest BCUT2D eigenvalue weighted by molar-refractivity contribution is -0.145. The van der Waals surface area contributed by atoms with E-state index in [0.717, 1.165) is 4.88 Å². The molecule has 0 aliphatic carbocycles. The number of primary amides is 1. The van der Waals surface area contributed by atoms with Crippen molar-refractivity contribution >= 4 is 23.3 Å². The molecule has 0 bridgehead atoms. The highest BCUT2D eigenvalue weighted by Crippen LogP contribution is 2.26. The molecule has 0 aliphatic rings. The molecule has 0 spiro atoms. The lowest BCUT2D eigenvalue weighted by Crippen LogP contribution is -2.34. The maximum absolute atomic E-state index is 12.2. The van der Waals surface area contributed by atoms with Gasteiger partial charge < -0.3 is 25.3 Å². The molecule has 0 saturated heterocycles. The SMILES string of the molecule is COc1ccc(OC)c(COC(=O)C[C@H](NC(N)=O)c2cccs2)c1. The fourth-order valence-corrected chi connectivity index (χ4v) is 3.04. The van der Waals surface area contributed by atoms with Gasteiger partial charge in [0.2, 0.25) is 0 Å². The summed E-state index contributed by atoms with van der Waals surface area (Å²) >= 11 is 1.43. The molecule has 1 aromatic heterocycles. The Kier molecular flexibility index (Phi) is 6.64. The van der Waals surface area contributed by atoms with Crippen LogP contribution in [0.5, 0.6) is 11.5 Å². The Bertz CT molecular complexity index is 718. The highest BCUT2D eigenvalue weighted by molar-refractivity contribution is 7.10. The van der Waals surface area contributed by atoms with Crippen molar-refractivity contribution in [3.05, 3.63) is 46.2 Å². The zero-order valence-electron chi connectivity index (χ0n) is 14.0. The molecule has 1 aromatic carbocycles. The van der Waals surface area contributed by atoms with E-state index in [4.69, 9.17) is 19.9 Å². The van der Waals surface area contributed by atoms with Gasteiger partial charge in [0.1, 0.15) is 18.1 Å². The molecule has 2 rings (SSSR count). The number of rotatable bonds is 8. The van der Waals surface area contributed by atoms with Gasteiger partial charge in [-0.25, -0.2) is 4.79 Å². The van der Waals surface area contributed by atoms with Crippen molar-refractivity contribution in [2.24, 2.45) is 5.73 Å². The Balaban J connectivity index is 2.00. The van der Waals surface area contributed by atoms with E-state index in [9.17, 15) is 9.59 Å². The number of amides is 2. The van der Waals surface area contributed by atoms with Crippen LogP contribution in [0.3, 0.4) is 0 Å². The van der Waals surface area contributed by atoms with Gasteiger partial charge in [-0.2, -0.15) is 0 Å². The zero-order chi connectivity index (χ0) is 18.2. The summed E-state index contributed by atoms with van der Waals surface area (Å²) in [5, 5.41) is 4.41. The van der Waals surface area contributed by atoms with Crippen molar-refractivity contribution in [2.45, 2.75) is 19.1 Å². The van der Waals surface area contributed by atoms with Gasteiger partial charge in [-0.3, -0.25) is 4.79 Å². The van der Waals surface area contributed by atoms with Gasteiger partial charge in [0.05, 0.1) is 26.7 Å². The third kappa shape index (κ3) is 5.39. The number of carbonyl (C=O) groups excluding carboxylic acids is 2. The number of thiophene rings is 1. The lowest BCUT2D eigenvalue weighted by atomic mass is 10.1. The van der Waals surface area contributed by atoms with E-state index < -0.39 is 18.0 Å². The Morgan fingerprint density at radius 3 is 2.64 bits per heavy atom. The van der Waals surface area contributed by atoms with Crippen LogP contribution in [0.15, 0.2) is 35.7 Å². The second kappa shape index (κ2) is 8.93. The number of urea groups is 1. The maximum Gasteiger partial charge on any atom is 0.312 e. The van der Waals surface area contributed by atoms with Crippen molar-refractivity contribution in [3.63, 3.8) is 0 Å². The molecule has 134 valence electrons. The molecule has 0 unspecified atom stereocenters. The summed E-state index contributed by atoms with van der Waals surface area (Å²) in [6.45, 7) is 0.0347. The first-order chi connectivity index (χ1) is 12.0. The van der Waals surface area contributed by atoms with Crippen molar-refractivity contribution in [2.75, 3.05) is 14.2 Å². The second-order valence-electron chi connectivity index (χ2n) is 5.12. The van der Waals surface area contributed by atoms with Gasteiger partial charge in [0, 0.05) is 10.4 Å². The molecular weight excluding hydrogens is 344 g/mol. The minimum atomic E-state index is -0.694. The molecule has 0 saturated carbocycles. The average molecular weight is 364 g/mol. The first kappa shape index (κ1) is 18.6. The number of hydrogen-bond acceptors (Lipinski definition) is 6. The maximum atomic E-state index is 12.2. The molecule has 1 heterocycles. The predicted molar refractivity (Wildman–Crippen MR) is 93.7 cm³/mol. The molecule has 1 atom stereocenters. The largest absolute Gasteiger partial charge is 0.497 e. The number of methoxy groups -OCH3 is 2. The molecular formula is C17H20N2O5S. The molecule has 25 heavy (non-hydrogen) atoms. The topological polar surface area (TPSA) is 99.9 Å². The van der Waals surface area contributed by atoms with Crippen LogP contribution >= 0.6 is 11.3 Å². The fraction of sp³-hybridized carbons (Fsp3) is 0.294. The third-order valence-corrected chi connectivity index (χ3v) is 4.44. The first-order valence-corrected chi connectivity index (χ1v) is 8.37. The number of ether oxygens (including phenoxy) is 3. The molecule has 7 nitrogen and oxygen atoms in total. The Hall–Kier alpha value is -2.74.